The largest absolute Gasteiger partial charge is 0.506 e. The number of phenolic OH excluding ortho intramolecular Hbond substituents is 1. The number of anilines is 1. The van der Waals surface area contributed by atoms with Gasteiger partial charge in [0.2, 0.25) is 0 Å². The molecule has 0 bridgehead atoms. The smallest absolute Gasteiger partial charge is 0.270 e. The molecule has 0 unspecified atom stereocenters. The molecule has 0 amide bonds. The molecule has 0 fully saturated rings. The van der Waals surface area contributed by atoms with Crippen LogP contribution >= 0.6 is 23.2 Å². The third-order valence-electron chi connectivity index (χ3n) is 2.95. The predicted molar refractivity (Wildman–Crippen MR) is 86.8 cm³/mol. The number of nitro benzene ring substituents is 1. The molecular weight excluding hydrogens is 367 g/mol. The van der Waals surface area contributed by atoms with Crippen molar-refractivity contribution in [2.45, 2.75) is 11.8 Å². The van der Waals surface area contributed by atoms with E-state index in [0.29, 0.717) is 5.56 Å². The molecule has 0 aromatic heterocycles. The zero-order valence-corrected chi connectivity index (χ0v) is 13.9. The summed E-state index contributed by atoms with van der Waals surface area (Å²) in [5.74, 6) is -0.255. The van der Waals surface area contributed by atoms with Gasteiger partial charge in [-0.25, -0.2) is 8.42 Å². The van der Waals surface area contributed by atoms with Crippen LogP contribution in [0.4, 0.5) is 11.4 Å². The second kappa shape index (κ2) is 6.23. The Morgan fingerprint density at radius 2 is 1.87 bits per heavy atom. The van der Waals surface area contributed by atoms with Crippen LogP contribution in [0.2, 0.25) is 10.0 Å². The van der Waals surface area contributed by atoms with Crippen LogP contribution in [-0.2, 0) is 10.0 Å². The molecule has 10 heteroatoms. The Morgan fingerprint density at radius 3 is 2.48 bits per heavy atom. The molecule has 0 spiro atoms. The fraction of sp³-hybridized carbons (Fsp3) is 0.0769. The Hall–Kier alpha value is -2.03. The molecule has 2 aromatic carbocycles. The summed E-state index contributed by atoms with van der Waals surface area (Å²) in [4.78, 5) is 9.74. The van der Waals surface area contributed by atoms with Crippen molar-refractivity contribution in [1.29, 1.82) is 0 Å². The highest BCUT2D eigenvalue weighted by molar-refractivity contribution is 7.92. The van der Waals surface area contributed by atoms with Crippen molar-refractivity contribution in [2.24, 2.45) is 0 Å². The third kappa shape index (κ3) is 3.49. The van der Waals surface area contributed by atoms with Gasteiger partial charge in [0, 0.05) is 12.1 Å². The molecule has 0 heterocycles. The number of hydrogen-bond donors (Lipinski definition) is 2. The van der Waals surface area contributed by atoms with E-state index in [4.69, 9.17) is 23.2 Å². The van der Waals surface area contributed by atoms with E-state index in [0.717, 1.165) is 6.07 Å². The molecular formula is C13H10Cl2N2O5S. The van der Waals surface area contributed by atoms with E-state index in [1.807, 2.05) is 0 Å². The summed E-state index contributed by atoms with van der Waals surface area (Å²) in [6, 6.07) is 5.86. The Labute approximate surface area is 141 Å². The number of non-ortho nitro benzene ring substituents is 1. The van der Waals surface area contributed by atoms with Gasteiger partial charge < -0.3 is 5.11 Å². The maximum Gasteiger partial charge on any atom is 0.270 e. The van der Waals surface area contributed by atoms with Gasteiger partial charge in [-0.15, -0.1) is 0 Å². The van der Waals surface area contributed by atoms with Crippen LogP contribution in [0.1, 0.15) is 5.56 Å². The number of benzene rings is 2. The van der Waals surface area contributed by atoms with Crippen LogP contribution in [0, 0.1) is 17.0 Å². The van der Waals surface area contributed by atoms with Gasteiger partial charge in [0.05, 0.1) is 20.5 Å². The van der Waals surface area contributed by atoms with E-state index in [2.05, 4.69) is 4.72 Å². The van der Waals surface area contributed by atoms with Crippen LogP contribution in [0.25, 0.3) is 0 Å². The van der Waals surface area contributed by atoms with Crippen molar-refractivity contribution in [3.05, 3.63) is 56.1 Å². The fourth-order valence-electron chi connectivity index (χ4n) is 1.79. The second-order valence-corrected chi connectivity index (χ2v) is 7.02. The lowest BCUT2D eigenvalue weighted by Crippen LogP contribution is -2.13. The number of nitrogens with one attached hydrogen (secondary N) is 1. The molecule has 23 heavy (non-hydrogen) atoms. The first kappa shape index (κ1) is 17.3. The average molecular weight is 377 g/mol. The van der Waals surface area contributed by atoms with E-state index in [1.54, 1.807) is 0 Å². The highest BCUT2D eigenvalue weighted by atomic mass is 35.5. The lowest BCUT2D eigenvalue weighted by atomic mass is 10.2. The van der Waals surface area contributed by atoms with Crippen LogP contribution in [0.5, 0.6) is 5.75 Å². The van der Waals surface area contributed by atoms with E-state index >= 15 is 0 Å². The van der Waals surface area contributed by atoms with Gasteiger partial charge in [0.15, 0.2) is 0 Å². The molecule has 0 aliphatic heterocycles. The first-order valence-corrected chi connectivity index (χ1v) is 8.32. The zero-order chi connectivity index (χ0) is 17.4. The standard InChI is InChI=1S/C13H10Cl2N2O5S/c1-7-5-10(11(14)12(15)13(7)18)16-23(21,22)9-4-2-3-8(6-9)17(19)20/h2-6,16,18H,1H3. The van der Waals surface area contributed by atoms with Crippen molar-refractivity contribution < 1.29 is 18.4 Å². The Kier molecular flexibility index (Phi) is 4.69. The monoisotopic (exact) mass is 376 g/mol. The second-order valence-electron chi connectivity index (χ2n) is 4.58. The van der Waals surface area contributed by atoms with E-state index < -0.39 is 14.9 Å². The number of sulfonamides is 1. The highest BCUT2D eigenvalue weighted by Crippen LogP contribution is 2.40. The normalized spacial score (nSPS) is 11.3. The van der Waals surface area contributed by atoms with Crippen LogP contribution in [0.15, 0.2) is 35.2 Å². The van der Waals surface area contributed by atoms with Gasteiger partial charge in [-0.2, -0.15) is 0 Å². The van der Waals surface area contributed by atoms with Crippen LogP contribution in [-0.4, -0.2) is 18.4 Å². The van der Waals surface area contributed by atoms with Gasteiger partial charge in [0.1, 0.15) is 10.8 Å². The summed E-state index contributed by atoms with van der Waals surface area (Å²) in [7, 11) is -4.12. The molecule has 0 saturated carbocycles. The van der Waals surface area contributed by atoms with Crippen LogP contribution in [0.3, 0.4) is 0 Å². The summed E-state index contributed by atoms with van der Waals surface area (Å²) in [5.41, 5.74) is -0.0893. The molecule has 122 valence electrons. The van der Waals surface area contributed by atoms with Crippen molar-refractivity contribution in [2.75, 3.05) is 4.72 Å². The number of aromatic hydroxyl groups is 1. The van der Waals surface area contributed by atoms with Gasteiger partial charge in [-0.1, -0.05) is 29.3 Å². The van der Waals surface area contributed by atoms with E-state index in [9.17, 15) is 23.6 Å². The quantitative estimate of drug-likeness (QED) is 0.480. The minimum atomic E-state index is -4.12. The zero-order valence-electron chi connectivity index (χ0n) is 11.6. The van der Waals surface area contributed by atoms with E-state index in [-0.39, 0.29) is 32.1 Å². The summed E-state index contributed by atoms with van der Waals surface area (Å²) in [5, 5.41) is 20.0. The molecule has 0 saturated heterocycles. The molecule has 2 rings (SSSR count). The molecule has 2 N–H and O–H groups in total. The molecule has 7 nitrogen and oxygen atoms in total. The van der Waals surface area contributed by atoms with Crippen molar-refractivity contribution in [1.82, 2.24) is 0 Å². The maximum absolute atomic E-state index is 12.3. The summed E-state index contributed by atoms with van der Waals surface area (Å²) >= 11 is 11.7. The Morgan fingerprint density at radius 1 is 1.22 bits per heavy atom. The molecule has 0 aliphatic carbocycles. The number of halogens is 2. The maximum atomic E-state index is 12.3. The minimum absolute atomic E-state index is 0.0431. The molecule has 0 atom stereocenters. The molecule has 0 radical (unpaired) electrons. The number of rotatable bonds is 4. The topological polar surface area (TPSA) is 110 Å². The average Bonchev–Trinajstić information content (AvgIpc) is 2.50. The van der Waals surface area contributed by atoms with Crippen molar-refractivity contribution >= 4 is 44.6 Å². The first-order chi connectivity index (χ1) is 10.6. The summed E-state index contributed by atoms with van der Waals surface area (Å²) in [6.07, 6.45) is 0. The number of aryl methyl sites for hydroxylation is 1. The lowest BCUT2D eigenvalue weighted by molar-refractivity contribution is -0.385. The van der Waals surface area contributed by atoms with Gasteiger partial charge >= 0.3 is 0 Å². The van der Waals surface area contributed by atoms with Gasteiger partial charge in [-0.05, 0) is 24.6 Å². The fourth-order valence-corrected chi connectivity index (χ4v) is 3.39. The number of phenols is 1. The summed E-state index contributed by atoms with van der Waals surface area (Å²) in [6.45, 7) is 1.52. The number of hydrogen-bond acceptors (Lipinski definition) is 5. The van der Waals surface area contributed by atoms with Crippen molar-refractivity contribution in [3.8, 4) is 5.75 Å². The van der Waals surface area contributed by atoms with Gasteiger partial charge in [0.25, 0.3) is 15.7 Å². The number of nitro groups is 1. The first-order valence-electron chi connectivity index (χ1n) is 6.08. The highest BCUT2D eigenvalue weighted by Gasteiger charge is 2.21. The predicted octanol–water partition coefficient (Wildman–Crippen LogP) is 3.72. The Bertz CT molecular complexity index is 899. The minimum Gasteiger partial charge on any atom is -0.506 e. The molecule has 2 aromatic rings. The SMILES string of the molecule is Cc1cc(NS(=O)(=O)c2cccc([N+](=O)[O-])c2)c(Cl)c(Cl)c1O. The van der Waals surface area contributed by atoms with E-state index in [1.165, 1.54) is 31.2 Å². The number of nitrogens with zero attached hydrogens (tertiary/aromatic N) is 1. The van der Waals surface area contributed by atoms with Gasteiger partial charge in [-0.3, -0.25) is 14.8 Å². The third-order valence-corrected chi connectivity index (χ3v) is 5.17. The van der Waals surface area contributed by atoms with Crippen molar-refractivity contribution in [3.63, 3.8) is 0 Å². The van der Waals surface area contributed by atoms with Crippen LogP contribution < -0.4 is 4.72 Å². The Balaban J connectivity index is 2.47. The lowest BCUT2D eigenvalue weighted by Gasteiger charge is -2.13. The molecule has 0 aliphatic rings. The summed E-state index contributed by atoms with van der Waals surface area (Å²) < 4.78 is 26.9.